The summed E-state index contributed by atoms with van der Waals surface area (Å²) in [5, 5.41) is 10.4. The summed E-state index contributed by atoms with van der Waals surface area (Å²) >= 11 is 9.56. The summed E-state index contributed by atoms with van der Waals surface area (Å²) in [5.74, 6) is 0. The molecule has 0 radical (unpaired) electrons. The predicted molar refractivity (Wildman–Crippen MR) is 69.7 cm³/mol. The van der Waals surface area contributed by atoms with Gasteiger partial charge in [0.25, 0.3) is 0 Å². The number of piperidine rings is 1. The third kappa shape index (κ3) is 3.20. The van der Waals surface area contributed by atoms with Gasteiger partial charge in [0.1, 0.15) is 0 Å². The standard InChI is InChI=1S/C12H15BrClNO/c13-10-4-3-9(12(14)6-10)7-15-5-1-2-11(16)8-15/h3-4,6,11,16H,1-2,5,7-8H2/t11-/m0/s1. The zero-order valence-corrected chi connectivity index (χ0v) is 11.3. The molecule has 1 heterocycles. The fourth-order valence-electron chi connectivity index (χ4n) is 2.07. The highest BCUT2D eigenvalue weighted by molar-refractivity contribution is 9.10. The average molecular weight is 305 g/mol. The Morgan fingerprint density at radius 1 is 1.50 bits per heavy atom. The Hall–Kier alpha value is -0.0900. The first-order valence-electron chi connectivity index (χ1n) is 5.49. The first kappa shape index (κ1) is 12.4. The van der Waals surface area contributed by atoms with E-state index in [-0.39, 0.29) is 6.10 Å². The Morgan fingerprint density at radius 3 is 3.00 bits per heavy atom. The minimum atomic E-state index is -0.178. The third-order valence-corrected chi connectivity index (χ3v) is 3.73. The lowest BCUT2D eigenvalue weighted by atomic mass is 10.1. The van der Waals surface area contributed by atoms with E-state index in [1.165, 1.54) is 0 Å². The van der Waals surface area contributed by atoms with Gasteiger partial charge in [0.05, 0.1) is 6.10 Å². The van der Waals surface area contributed by atoms with Crippen LogP contribution < -0.4 is 0 Å². The SMILES string of the molecule is O[C@H]1CCCN(Cc2ccc(Br)cc2Cl)C1. The Balaban J connectivity index is 2.02. The largest absolute Gasteiger partial charge is 0.392 e. The van der Waals surface area contributed by atoms with E-state index in [0.717, 1.165) is 47.5 Å². The van der Waals surface area contributed by atoms with E-state index in [0.29, 0.717) is 0 Å². The Morgan fingerprint density at radius 2 is 2.31 bits per heavy atom. The van der Waals surface area contributed by atoms with Crippen molar-refractivity contribution in [2.24, 2.45) is 0 Å². The summed E-state index contributed by atoms with van der Waals surface area (Å²) in [6, 6.07) is 5.95. The van der Waals surface area contributed by atoms with E-state index < -0.39 is 0 Å². The number of rotatable bonds is 2. The van der Waals surface area contributed by atoms with Crippen molar-refractivity contribution in [1.82, 2.24) is 4.90 Å². The van der Waals surface area contributed by atoms with Crippen LogP contribution in [0.25, 0.3) is 0 Å². The van der Waals surface area contributed by atoms with Gasteiger partial charge in [-0.2, -0.15) is 0 Å². The summed E-state index contributed by atoms with van der Waals surface area (Å²) in [6.07, 6.45) is 1.81. The van der Waals surface area contributed by atoms with Crippen LogP contribution in [0.3, 0.4) is 0 Å². The van der Waals surface area contributed by atoms with Crippen LogP contribution in [-0.2, 0) is 6.54 Å². The highest BCUT2D eigenvalue weighted by atomic mass is 79.9. The van der Waals surface area contributed by atoms with Crippen LogP contribution in [-0.4, -0.2) is 29.2 Å². The van der Waals surface area contributed by atoms with Gasteiger partial charge in [0, 0.05) is 22.6 Å². The van der Waals surface area contributed by atoms with E-state index in [2.05, 4.69) is 20.8 Å². The van der Waals surface area contributed by atoms with Crippen molar-refractivity contribution >= 4 is 27.5 Å². The molecule has 1 aliphatic rings. The Bertz CT molecular complexity index is 372. The smallest absolute Gasteiger partial charge is 0.0667 e. The Labute approximate surface area is 109 Å². The molecule has 0 bridgehead atoms. The van der Waals surface area contributed by atoms with Crippen molar-refractivity contribution in [1.29, 1.82) is 0 Å². The molecule has 2 rings (SSSR count). The van der Waals surface area contributed by atoms with Crippen LogP contribution in [0.5, 0.6) is 0 Å². The van der Waals surface area contributed by atoms with Gasteiger partial charge in [-0.1, -0.05) is 33.6 Å². The highest BCUT2D eigenvalue weighted by Gasteiger charge is 2.18. The number of hydrogen-bond acceptors (Lipinski definition) is 2. The predicted octanol–water partition coefficient (Wildman–Crippen LogP) is 3.06. The molecule has 88 valence electrons. The van der Waals surface area contributed by atoms with Crippen molar-refractivity contribution in [2.45, 2.75) is 25.5 Å². The molecule has 1 N–H and O–H groups in total. The third-order valence-electron chi connectivity index (χ3n) is 2.89. The first-order valence-corrected chi connectivity index (χ1v) is 6.66. The lowest BCUT2D eigenvalue weighted by Crippen LogP contribution is -2.37. The van der Waals surface area contributed by atoms with Gasteiger partial charge in [-0.3, -0.25) is 4.90 Å². The maximum Gasteiger partial charge on any atom is 0.0667 e. The van der Waals surface area contributed by atoms with Crippen molar-refractivity contribution in [3.05, 3.63) is 33.3 Å². The fourth-order valence-corrected chi connectivity index (χ4v) is 2.80. The molecule has 16 heavy (non-hydrogen) atoms. The van der Waals surface area contributed by atoms with E-state index in [4.69, 9.17) is 11.6 Å². The quantitative estimate of drug-likeness (QED) is 0.908. The lowest BCUT2D eigenvalue weighted by molar-refractivity contribution is 0.0668. The molecule has 1 atom stereocenters. The number of likely N-dealkylation sites (tertiary alicyclic amines) is 1. The van der Waals surface area contributed by atoms with E-state index >= 15 is 0 Å². The molecule has 0 amide bonds. The van der Waals surface area contributed by atoms with Crippen LogP contribution in [0.2, 0.25) is 5.02 Å². The number of β-amino-alcohol motifs (C(OH)–C–C–N with tert-alkyl or cyclic N) is 1. The fraction of sp³-hybridized carbons (Fsp3) is 0.500. The summed E-state index contributed by atoms with van der Waals surface area (Å²) in [6.45, 7) is 2.62. The van der Waals surface area contributed by atoms with E-state index in [1.54, 1.807) is 0 Å². The molecule has 1 aromatic rings. The molecular weight excluding hydrogens is 289 g/mol. The first-order chi connectivity index (χ1) is 7.65. The van der Waals surface area contributed by atoms with Crippen LogP contribution in [0.4, 0.5) is 0 Å². The second kappa shape index (κ2) is 5.50. The highest BCUT2D eigenvalue weighted by Crippen LogP contribution is 2.23. The Kier molecular flexibility index (Phi) is 4.25. The number of aliphatic hydroxyl groups excluding tert-OH is 1. The zero-order chi connectivity index (χ0) is 11.5. The molecule has 0 aliphatic carbocycles. The number of hydrogen-bond donors (Lipinski definition) is 1. The van der Waals surface area contributed by atoms with Gasteiger partial charge in [-0.15, -0.1) is 0 Å². The topological polar surface area (TPSA) is 23.5 Å². The van der Waals surface area contributed by atoms with Gasteiger partial charge in [0.15, 0.2) is 0 Å². The zero-order valence-electron chi connectivity index (χ0n) is 9.00. The normalized spacial score (nSPS) is 22.3. The maximum absolute atomic E-state index is 9.59. The van der Waals surface area contributed by atoms with Crippen molar-refractivity contribution in [2.75, 3.05) is 13.1 Å². The van der Waals surface area contributed by atoms with Gasteiger partial charge >= 0.3 is 0 Å². The summed E-state index contributed by atoms with van der Waals surface area (Å²) in [5.41, 5.74) is 1.12. The van der Waals surface area contributed by atoms with Crippen molar-refractivity contribution in [3.63, 3.8) is 0 Å². The van der Waals surface area contributed by atoms with E-state index in [1.807, 2.05) is 18.2 Å². The maximum atomic E-state index is 9.59. The minimum absolute atomic E-state index is 0.178. The number of aliphatic hydroxyl groups is 1. The molecule has 2 nitrogen and oxygen atoms in total. The number of halogens is 2. The average Bonchev–Trinajstić information content (AvgIpc) is 2.22. The molecule has 0 unspecified atom stereocenters. The van der Waals surface area contributed by atoms with E-state index in [9.17, 15) is 5.11 Å². The molecule has 0 saturated carbocycles. The summed E-state index contributed by atoms with van der Waals surface area (Å²) in [4.78, 5) is 2.25. The monoisotopic (exact) mass is 303 g/mol. The molecule has 1 aliphatic heterocycles. The second-order valence-electron chi connectivity index (χ2n) is 4.27. The van der Waals surface area contributed by atoms with Crippen molar-refractivity contribution in [3.8, 4) is 0 Å². The van der Waals surface area contributed by atoms with Gasteiger partial charge < -0.3 is 5.11 Å². The molecule has 0 spiro atoms. The molecule has 1 aromatic carbocycles. The summed E-state index contributed by atoms with van der Waals surface area (Å²) < 4.78 is 1.000. The van der Waals surface area contributed by atoms with Crippen LogP contribution in [0, 0.1) is 0 Å². The number of nitrogens with zero attached hydrogens (tertiary/aromatic N) is 1. The molecule has 1 fully saturated rings. The van der Waals surface area contributed by atoms with Crippen LogP contribution in [0.1, 0.15) is 18.4 Å². The molecule has 4 heteroatoms. The van der Waals surface area contributed by atoms with Crippen LogP contribution in [0.15, 0.2) is 22.7 Å². The second-order valence-corrected chi connectivity index (χ2v) is 5.59. The number of benzene rings is 1. The summed E-state index contributed by atoms with van der Waals surface area (Å²) in [7, 11) is 0. The van der Waals surface area contributed by atoms with Gasteiger partial charge in [-0.25, -0.2) is 0 Å². The lowest BCUT2D eigenvalue weighted by Gasteiger charge is -2.30. The van der Waals surface area contributed by atoms with Gasteiger partial charge in [0.2, 0.25) is 0 Å². The minimum Gasteiger partial charge on any atom is -0.392 e. The van der Waals surface area contributed by atoms with Crippen LogP contribution >= 0.6 is 27.5 Å². The molecular formula is C12H15BrClNO. The van der Waals surface area contributed by atoms with Crippen molar-refractivity contribution < 1.29 is 5.11 Å². The molecule has 0 aromatic heterocycles. The molecule has 1 saturated heterocycles. The van der Waals surface area contributed by atoms with Gasteiger partial charge in [-0.05, 0) is 37.1 Å².